The van der Waals surface area contributed by atoms with Crippen molar-refractivity contribution in [3.05, 3.63) is 60.2 Å². The zero-order valence-corrected chi connectivity index (χ0v) is 15.6. The summed E-state index contributed by atoms with van der Waals surface area (Å²) in [6.45, 7) is 0.177. The van der Waals surface area contributed by atoms with Crippen molar-refractivity contribution in [3.63, 3.8) is 0 Å². The number of hydrogen-bond donors (Lipinski definition) is 1. The molecule has 2 heterocycles. The molecule has 2 aromatic carbocycles. The van der Waals surface area contributed by atoms with E-state index >= 15 is 0 Å². The molecule has 0 fully saturated rings. The fourth-order valence-electron chi connectivity index (χ4n) is 3.56. The van der Waals surface area contributed by atoms with E-state index in [1.165, 1.54) is 30.6 Å². The van der Waals surface area contributed by atoms with Crippen LogP contribution in [0.25, 0.3) is 10.8 Å². The summed E-state index contributed by atoms with van der Waals surface area (Å²) in [6, 6.07) is 8.59. The van der Waals surface area contributed by atoms with Crippen LogP contribution in [0.3, 0.4) is 0 Å². The molecule has 2 atom stereocenters. The molecule has 156 valence electrons. The Balaban J connectivity index is 1.69. The van der Waals surface area contributed by atoms with E-state index in [4.69, 9.17) is 4.74 Å². The van der Waals surface area contributed by atoms with Crippen LogP contribution in [0.15, 0.2) is 53.8 Å². The summed E-state index contributed by atoms with van der Waals surface area (Å²) in [5.41, 5.74) is -2.68. The van der Waals surface area contributed by atoms with Crippen molar-refractivity contribution in [1.29, 1.82) is 0 Å². The zero-order valence-electron chi connectivity index (χ0n) is 15.6. The number of aromatic nitrogens is 2. The lowest BCUT2D eigenvalue weighted by Crippen LogP contribution is -2.48. The number of ether oxygens (including phenoxy) is 1. The Kier molecular flexibility index (Phi) is 5.15. The summed E-state index contributed by atoms with van der Waals surface area (Å²) in [6.07, 6.45) is -2.09. The minimum Gasteiger partial charge on any atom is -0.493 e. The molecule has 1 aliphatic rings. The minimum atomic E-state index is -4.98. The molecule has 0 amide bonds. The predicted octanol–water partition coefficient (Wildman–Crippen LogP) is 4.72. The standard InChI is InChI=1S/C21H17F4N3O2/c22-15-4-5-19-16(8-15)13(6-7-30-19)9-20(29,21(23,24)25)12-26-18-3-1-2-14-10-27-28-11-17(14)18/h1-5,8,10-13,29H,6-7,9H2. The Morgan fingerprint density at radius 3 is 2.77 bits per heavy atom. The van der Waals surface area contributed by atoms with Gasteiger partial charge in [0, 0.05) is 22.6 Å². The topological polar surface area (TPSA) is 67.6 Å². The molecule has 0 bridgehead atoms. The van der Waals surface area contributed by atoms with E-state index in [2.05, 4.69) is 15.2 Å². The smallest absolute Gasteiger partial charge is 0.422 e. The Morgan fingerprint density at radius 2 is 1.97 bits per heavy atom. The third-order valence-electron chi connectivity index (χ3n) is 5.17. The fourth-order valence-corrected chi connectivity index (χ4v) is 3.56. The van der Waals surface area contributed by atoms with Crippen molar-refractivity contribution < 1.29 is 27.4 Å². The number of halogens is 4. The summed E-state index contributed by atoms with van der Waals surface area (Å²) >= 11 is 0. The van der Waals surface area contributed by atoms with Crippen LogP contribution >= 0.6 is 0 Å². The minimum absolute atomic E-state index is 0.177. The van der Waals surface area contributed by atoms with Crippen LogP contribution < -0.4 is 4.74 Å². The summed E-state index contributed by atoms with van der Waals surface area (Å²) in [4.78, 5) is 3.94. The van der Waals surface area contributed by atoms with Crippen molar-refractivity contribution in [1.82, 2.24) is 10.2 Å². The maximum atomic E-state index is 13.9. The highest BCUT2D eigenvalue weighted by atomic mass is 19.4. The summed E-state index contributed by atoms with van der Waals surface area (Å²) in [5.74, 6) is -1.01. The van der Waals surface area contributed by atoms with Crippen LogP contribution in [0.5, 0.6) is 5.75 Å². The Bertz CT molecular complexity index is 1100. The molecule has 3 aromatic rings. The predicted molar refractivity (Wildman–Crippen MR) is 103 cm³/mol. The van der Waals surface area contributed by atoms with Gasteiger partial charge in [-0.2, -0.15) is 23.4 Å². The average molecular weight is 419 g/mol. The van der Waals surface area contributed by atoms with Gasteiger partial charge in [0.15, 0.2) is 5.60 Å². The highest BCUT2D eigenvalue weighted by Gasteiger charge is 2.54. The van der Waals surface area contributed by atoms with Crippen LogP contribution in [-0.2, 0) is 0 Å². The van der Waals surface area contributed by atoms with E-state index in [1.807, 2.05) is 0 Å². The average Bonchev–Trinajstić information content (AvgIpc) is 2.72. The molecule has 0 saturated carbocycles. The van der Waals surface area contributed by atoms with E-state index in [0.717, 1.165) is 6.07 Å². The number of nitrogens with zero attached hydrogens (tertiary/aromatic N) is 3. The first kappa shape index (κ1) is 20.2. The van der Waals surface area contributed by atoms with E-state index in [1.54, 1.807) is 12.1 Å². The van der Waals surface area contributed by atoms with Gasteiger partial charge in [0.25, 0.3) is 0 Å². The maximum absolute atomic E-state index is 13.9. The van der Waals surface area contributed by atoms with Crippen molar-refractivity contribution in [2.24, 2.45) is 4.99 Å². The van der Waals surface area contributed by atoms with Gasteiger partial charge in [0.05, 0.1) is 24.7 Å². The Hall–Kier alpha value is -3.07. The number of alkyl halides is 3. The lowest BCUT2D eigenvalue weighted by atomic mass is 9.82. The molecule has 4 rings (SSSR count). The second kappa shape index (κ2) is 7.64. The third-order valence-corrected chi connectivity index (χ3v) is 5.17. The first-order valence-corrected chi connectivity index (χ1v) is 9.23. The van der Waals surface area contributed by atoms with Gasteiger partial charge < -0.3 is 9.84 Å². The van der Waals surface area contributed by atoms with Gasteiger partial charge in [-0.3, -0.25) is 4.99 Å². The molecule has 1 aromatic heterocycles. The Morgan fingerprint density at radius 1 is 1.17 bits per heavy atom. The van der Waals surface area contributed by atoms with E-state index in [0.29, 0.717) is 28.3 Å². The van der Waals surface area contributed by atoms with Crippen LogP contribution in [-0.4, -0.2) is 39.9 Å². The molecule has 1 N–H and O–H groups in total. The highest BCUT2D eigenvalue weighted by molar-refractivity contribution is 5.93. The van der Waals surface area contributed by atoms with Gasteiger partial charge in [0.1, 0.15) is 11.6 Å². The van der Waals surface area contributed by atoms with Crippen molar-refractivity contribution in [2.75, 3.05) is 6.61 Å². The Labute approximate surface area is 169 Å². The highest BCUT2D eigenvalue weighted by Crippen LogP contribution is 2.43. The van der Waals surface area contributed by atoms with Gasteiger partial charge in [-0.15, -0.1) is 0 Å². The lowest BCUT2D eigenvalue weighted by molar-refractivity contribution is -0.232. The van der Waals surface area contributed by atoms with Gasteiger partial charge in [-0.05, 0) is 43.0 Å². The van der Waals surface area contributed by atoms with E-state index in [9.17, 15) is 22.7 Å². The number of hydrogen-bond acceptors (Lipinski definition) is 5. The maximum Gasteiger partial charge on any atom is 0.422 e. The van der Waals surface area contributed by atoms with Gasteiger partial charge in [-0.25, -0.2) is 4.39 Å². The number of benzene rings is 2. The van der Waals surface area contributed by atoms with Crippen molar-refractivity contribution >= 4 is 22.7 Å². The summed E-state index contributed by atoms with van der Waals surface area (Å²) < 4.78 is 60.7. The number of aliphatic hydroxyl groups is 1. The third kappa shape index (κ3) is 3.85. The van der Waals surface area contributed by atoms with Crippen molar-refractivity contribution in [2.45, 2.75) is 30.5 Å². The first-order valence-electron chi connectivity index (χ1n) is 9.23. The van der Waals surface area contributed by atoms with Crippen LogP contribution in [0.1, 0.15) is 24.3 Å². The SMILES string of the molecule is OC(C=Nc1cccc2cnncc12)(CC1CCOc2ccc(F)cc21)C(F)(F)F. The molecule has 1 aliphatic heterocycles. The molecular formula is C21H17F4N3O2. The van der Waals surface area contributed by atoms with Gasteiger partial charge in [-0.1, -0.05) is 12.1 Å². The second-order valence-electron chi connectivity index (χ2n) is 7.17. The zero-order chi connectivity index (χ0) is 21.4. The molecule has 5 nitrogen and oxygen atoms in total. The van der Waals surface area contributed by atoms with Crippen LogP contribution in [0, 0.1) is 5.82 Å². The molecule has 0 spiro atoms. The van der Waals surface area contributed by atoms with Gasteiger partial charge in [0.2, 0.25) is 0 Å². The molecule has 2 unspecified atom stereocenters. The molecule has 0 aliphatic carbocycles. The molecule has 0 saturated heterocycles. The molecule has 30 heavy (non-hydrogen) atoms. The van der Waals surface area contributed by atoms with Gasteiger partial charge >= 0.3 is 6.18 Å². The summed E-state index contributed by atoms with van der Waals surface area (Å²) in [5, 5.41) is 19.2. The fraction of sp³-hybridized carbons (Fsp3) is 0.286. The quantitative estimate of drug-likeness (QED) is 0.491. The van der Waals surface area contributed by atoms with E-state index < -0.39 is 29.9 Å². The van der Waals surface area contributed by atoms with Crippen LogP contribution in [0.2, 0.25) is 0 Å². The molecule has 0 radical (unpaired) electrons. The monoisotopic (exact) mass is 419 g/mol. The first-order chi connectivity index (χ1) is 14.3. The van der Waals surface area contributed by atoms with Crippen molar-refractivity contribution in [3.8, 4) is 5.75 Å². The van der Waals surface area contributed by atoms with E-state index in [-0.39, 0.29) is 18.7 Å². The largest absolute Gasteiger partial charge is 0.493 e. The number of fused-ring (bicyclic) bond motifs is 2. The normalized spacial score (nSPS) is 18.8. The molecule has 9 heteroatoms. The lowest BCUT2D eigenvalue weighted by Gasteiger charge is -2.33. The number of rotatable bonds is 4. The second-order valence-corrected chi connectivity index (χ2v) is 7.17. The number of aliphatic imine (C=N–C) groups is 1. The molecular weight excluding hydrogens is 402 g/mol. The summed E-state index contributed by atoms with van der Waals surface area (Å²) in [7, 11) is 0. The van der Waals surface area contributed by atoms with Crippen LogP contribution in [0.4, 0.5) is 23.2 Å².